The maximum atomic E-state index is 11.4. The average Bonchev–Trinajstić information content (AvgIpc) is 2.98. The maximum Gasteiger partial charge on any atom is 0.238 e. The van der Waals surface area contributed by atoms with E-state index in [2.05, 4.69) is 10.2 Å². The first-order chi connectivity index (χ1) is 14.3. The minimum absolute atomic E-state index is 0.0336. The van der Waals surface area contributed by atoms with Gasteiger partial charge in [0.25, 0.3) is 0 Å². The molecule has 3 rings (SSSR count). The molecule has 0 aliphatic rings. The van der Waals surface area contributed by atoms with Crippen molar-refractivity contribution in [3.63, 3.8) is 0 Å². The quantitative estimate of drug-likeness (QED) is 0.376. The predicted octanol–water partition coefficient (Wildman–Crippen LogP) is 1.65. The number of benzene rings is 2. The minimum atomic E-state index is -3.80. The van der Waals surface area contributed by atoms with Crippen molar-refractivity contribution in [3.8, 4) is 5.88 Å². The Morgan fingerprint density at radius 2 is 1.60 bits per heavy atom. The Balaban J connectivity index is 1.96. The van der Waals surface area contributed by atoms with Crippen LogP contribution in [0.1, 0.15) is 0 Å². The molecule has 10 nitrogen and oxygen atoms in total. The molecule has 0 unspecified atom stereocenters. The molecule has 0 radical (unpaired) electrons. The van der Waals surface area contributed by atoms with Crippen molar-refractivity contribution < 1.29 is 23.7 Å². The second kappa shape index (κ2) is 9.32. The number of hydrogen-bond donors (Lipinski definition) is 4. The summed E-state index contributed by atoms with van der Waals surface area (Å²) in [6.07, 6.45) is 0. The molecule has 0 spiro atoms. The van der Waals surface area contributed by atoms with Crippen molar-refractivity contribution in [1.29, 1.82) is 0 Å². The van der Waals surface area contributed by atoms with Crippen LogP contribution in [0.15, 0.2) is 63.7 Å². The van der Waals surface area contributed by atoms with Crippen molar-refractivity contribution in [2.75, 3.05) is 26.3 Å². The summed E-state index contributed by atoms with van der Waals surface area (Å²) in [5.41, 5.74) is 1.37. The van der Waals surface area contributed by atoms with E-state index in [0.29, 0.717) is 24.2 Å². The Bertz CT molecular complexity index is 1140. The number of primary sulfonamides is 1. The first-order valence-electron chi connectivity index (χ1n) is 9.14. The fraction of sp³-hybridized carbons (Fsp3) is 0.263. The van der Waals surface area contributed by atoms with E-state index in [1.54, 1.807) is 15.5 Å². The molecule has 3 aromatic rings. The molecule has 0 bridgehead atoms. The zero-order valence-electron chi connectivity index (χ0n) is 16.1. The van der Waals surface area contributed by atoms with Crippen LogP contribution in [0.2, 0.25) is 0 Å². The van der Waals surface area contributed by atoms with Crippen LogP contribution in [0, 0.1) is 0 Å². The largest absolute Gasteiger partial charge is 0.493 e. The molecule has 11 heteroatoms. The summed E-state index contributed by atoms with van der Waals surface area (Å²) in [4.78, 5) is 1.76. The van der Waals surface area contributed by atoms with Gasteiger partial charge in [-0.15, -0.1) is 5.11 Å². The van der Waals surface area contributed by atoms with E-state index in [-0.39, 0.29) is 36.3 Å². The van der Waals surface area contributed by atoms with Gasteiger partial charge in [-0.3, -0.25) is 9.47 Å². The fourth-order valence-corrected chi connectivity index (χ4v) is 3.58. The number of para-hydroxylation sites is 1. The summed E-state index contributed by atoms with van der Waals surface area (Å²) in [6, 6.07) is 12.8. The van der Waals surface area contributed by atoms with E-state index < -0.39 is 10.0 Å². The molecule has 0 atom stereocenters. The number of sulfonamides is 1. The Morgan fingerprint density at radius 3 is 2.20 bits per heavy atom. The lowest BCUT2D eigenvalue weighted by Crippen LogP contribution is -2.31. The molecular weight excluding hydrogens is 410 g/mol. The van der Waals surface area contributed by atoms with Gasteiger partial charge in [-0.1, -0.05) is 18.2 Å². The van der Waals surface area contributed by atoms with E-state index in [1.165, 1.54) is 24.3 Å². The number of aromatic hydroxyl groups is 1. The van der Waals surface area contributed by atoms with Crippen molar-refractivity contribution >= 4 is 32.3 Å². The Labute approximate surface area is 173 Å². The molecule has 5 N–H and O–H groups in total. The zero-order chi connectivity index (χ0) is 21.7. The number of azo groups is 1. The van der Waals surface area contributed by atoms with Gasteiger partial charge in [0.15, 0.2) is 5.69 Å². The second-order valence-corrected chi connectivity index (χ2v) is 8.12. The standard InChI is InChI=1S/C19H23N5O5S/c20-30(28,29)15-7-5-14(6-8-15)21-22-18-16-3-1-2-4-17(16)24(19(18)27)13-23(9-11-25)10-12-26/h1-8,25-27H,9-13H2,(H2,20,28,29). The first kappa shape index (κ1) is 21.9. The fourth-order valence-electron chi connectivity index (χ4n) is 3.06. The molecule has 0 saturated carbocycles. The third-order valence-corrected chi connectivity index (χ3v) is 5.45. The van der Waals surface area contributed by atoms with E-state index >= 15 is 0 Å². The Morgan fingerprint density at radius 1 is 0.967 bits per heavy atom. The molecule has 1 heterocycles. The van der Waals surface area contributed by atoms with Gasteiger partial charge in [0.1, 0.15) is 0 Å². The Hall–Kier alpha value is -2.83. The van der Waals surface area contributed by atoms with Crippen LogP contribution >= 0.6 is 0 Å². The lowest BCUT2D eigenvalue weighted by molar-refractivity contribution is 0.132. The van der Waals surface area contributed by atoms with Gasteiger partial charge < -0.3 is 15.3 Å². The van der Waals surface area contributed by atoms with Crippen molar-refractivity contribution in [3.05, 3.63) is 48.5 Å². The summed E-state index contributed by atoms with van der Waals surface area (Å²) in [5.74, 6) is -0.109. The van der Waals surface area contributed by atoms with Crippen LogP contribution in [0.4, 0.5) is 11.4 Å². The number of nitrogens with zero attached hydrogens (tertiary/aromatic N) is 4. The van der Waals surface area contributed by atoms with E-state index in [9.17, 15) is 23.7 Å². The molecule has 30 heavy (non-hydrogen) atoms. The van der Waals surface area contributed by atoms with Crippen LogP contribution in [-0.4, -0.2) is 59.5 Å². The van der Waals surface area contributed by atoms with Crippen molar-refractivity contribution in [2.24, 2.45) is 15.4 Å². The number of hydrogen-bond acceptors (Lipinski definition) is 8. The van der Waals surface area contributed by atoms with Crippen LogP contribution in [-0.2, 0) is 16.7 Å². The predicted molar refractivity (Wildman–Crippen MR) is 111 cm³/mol. The summed E-state index contributed by atoms with van der Waals surface area (Å²) in [5, 5.41) is 43.3. The molecule has 0 saturated heterocycles. The van der Waals surface area contributed by atoms with Gasteiger partial charge >= 0.3 is 0 Å². The summed E-state index contributed by atoms with van der Waals surface area (Å²) in [6.45, 7) is 0.744. The maximum absolute atomic E-state index is 11.4. The lowest BCUT2D eigenvalue weighted by Gasteiger charge is -2.21. The highest BCUT2D eigenvalue weighted by Gasteiger charge is 2.18. The first-order valence-corrected chi connectivity index (χ1v) is 10.7. The number of nitrogens with two attached hydrogens (primary N) is 1. The van der Waals surface area contributed by atoms with Crippen LogP contribution in [0.3, 0.4) is 0 Å². The van der Waals surface area contributed by atoms with Gasteiger partial charge in [-0.25, -0.2) is 13.6 Å². The molecule has 0 aliphatic heterocycles. The number of aliphatic hydroxyl groups excluding tert-OH is 2. The average molecular weight is 433 g/mol. The normalized spacial score (nSPS) is 12.4. The van der Waals surface area contributed by atoms with E-state index in [4.69, 9.17) is 5.14 Å². The highest BCUT2D eigenvalue weighted by atomic mass is 32.2. The SMILES string of the molecule is NS(=O)(=O)c1ccc(N=Nc2c(O)n(CN(CCO)CCO)c3ccccc23)cc1. The molecule has 0 fully saturated rings. The van der Waals surface area contributed by atoms with E-state index in [1.807, 2.05) is 18.2 Å². The van der Waals surface area contributed by atoms with Crippen LogP contribution in [0.25, 0.3) is 10.9 Å². The zero-order valence-corrected chi connectivity index (χ0v) is 16.9. The number of aliphatic hydroxyl groups is 2. The monoisotopic (exact) mass is 433 g/mol. The van der Waals surface area contributed by atoms with Gasteiger partial charge in [-0.2, -0.15) is 5.11 Å². The molecule has 0 amide bonds. The molecule has 2 aromatic carbocycles. The molecule has 0 aliphatic carbocycles. The number of fused-ring (bicyclic) bond motifs is 1. The third-order valence-electron chi connectivity index (χ3n) is 4.52. The van der Waals surface area contributed by atoms with Crippen molar-refractivity contribution in [2.45, 2.75) is 11.6 Å². The van der Waals surface area contributed by atoms with E-state index in [0.717, 1.165) is 5.52 Å². The van der Waals surface area contributed by atoms with Crippen LogP contribution in [0.5, 0.6) is 5.88 Å². The molecule has 160 valence electrons. The summed E-state index contributed by atoms with van der Waals surface area (Å²) >= 11 is 0. The summed E-state index contributed by atoms with van der Waals surface area (Å²) in [7, 11) is -3.80. The lowest BCUT2D eigenvalue weighted by atomic mass is 10.2. The molecule has 1 aromatic heterocycles. The van der Waals surface area contributed by atoms with Gasteiger partial charge in [-0.05, 0) is 30.3 Å². The highest BCUT2D eigenvalue weighted by molar-refractivity contribution is 7.89. The van der Waals surface area contributed by atoms with Gasteiger partial charge in [0, 0.05) is 18.5 Å². The Kier molecular flexibility index (Phi) is 6.80. The van der Waals surface area contributed by atoms with Gasteiger partial charge in [0.05, 0.1) is 36.0 Å². The van der Waals surface area contributed by atoms with Crippen LogP contribution < -0.4 is 5.14 Å². The molecular formula is C19H23N5O5S. The van der Waals surface area contributed by atoms with Gasteiger partial charge in [0.2, 0.25) is 15.9 Å². The number of aromatic nitrogens is 1. The number of rotatable bonds is 9. The smallest absolute Gasteiger partial charge is 0.238 e. The second-order valence-electron chi connectivity index (χ2n) is 6.56. The third kappa shape index (κ3) is 4.83. The minimum Gasteiger partial charge on any atom is -0.493 e. The highest BCUT2D eigenvalue weighted by Crippen LogP contribution is 2.39. The summed E-state index contributed by atoms with van der Waals surface area (Å²) < 4.78 is 24.3. The topological polar surface area (TPSA) is 154 Å². The van der Waals surface area contributed by atoms with Crippen molar-refractivity contribution in [1.82, 2.24) is 9.47 Å².